The molecule has 2 aromatic carbocycles. The lowest BCUT2D eigenvalue weighted by molar-refractivity contribution is 0.511. The second kappa shape index (κ2) is 6.39. The number of benzene rings is 2. The predicted octanol–water partition coefficient (Wildman–Crippen LogP) is 4.21. The van der Waals surface area contributed by atoms with Crippen LogP contribution < -0.4 is 10.6 Å². The number of hydrogen-bond acceptors (Lipinski definition) is 4. The Hall–Kier alpha value is -3.02. The molecule has 0 saturated carbocycles. The maximum Gasteiger partial charge on any atom is 0.224 e. The monoisotopic (exact) mass is 312 g/mol. The first-order chi connectivity index (χ1) is 11.2. The van der Waals surface area contributed by atoms with Crippen LogP contribution >= 0.6 is 0 Å². The zero-order valence-corrected chi connectivity index (χ0v) is 12.3. The van der Waals surface area contributed by atoms with Crippen molar-refractivity contribution in [3.63, 3.8) is 0 Å². The van der Waals surface area contributed by atoms with E-state index in [1.807, 2.05) is 30.3 Å². The van der Waals surface area contributed by atoms with Gasteiger partial charge in [-0.05, 0) is 12.1 Å². The molecule has 0 bridgehead atoms. The molecule has 3 aromatic rings. The third-order valence-corrected chi connectivity index (χ3v) is 3.23. The Morgan fingerprint density at radius 1 is 0.913 bits per heavy atom. The molecule has 0 spiro atoms. The molecule has 0 amide bonds. The molecule has 0 aliphatic rings. The topological polar surface area (TPSA) is 49.8 Å². The van der Waals surface area contributed by atoms with E-state index in [0.29, 0.717) is 17.5 Å². The summed E-state index contributed by atoms with van der Waals surface area (Å²) in [5.74, 6) is -1.11. The van der Waals surface area contributed by atoms with Gasteiger partial charge in [-0.2, -0.15) is 4.98 Å². The molecule has 0 atom stereocenters. The standard InChI is InChI=1S/C17H14F2N4/c1-20-17-22-14(11-6-3-2-4-7-11)10-15(23-17)21-13-9-5-8-12(18)16(13)19/h2-10H,1H3,(H2,20,21,22,23). The van der Waals surface area contributed by atoms with Gasteiger partial charge in [-0.3, -0.25) is 0 Å². The molecule has 116 valence electrons. The number of halogens is 2. The van der Waals surface area contributed by atoms with Crippen molar-refractivity contribution in [2.75, 3.05) is 17.7 Å². The molecule has 0 radical (unpaired) electrons. The number of nitrogens with zero attached hydrogens (tertiary/aromatic N) is 2. The van der Waals surface area contributed by atoms with E-state index in [2.05, 4.69) is 20.6 Å². The van der Waals surface area contributed by atoms with E-state index in [1.54, 1.807) is 13.1 Å². The van der Waals surface area contributed by atoms with E-state index in [9.17, 15) is 8.78 Å². The SMILES string of the molecule is CNc1nc(Nc2cccc(F)c2F)cc(-c2ccccc2)n1. The van der Waals surface area contributed by atoms with Gasteiger partial charge in [0.1, 0.15) is 5.82 Å². The Kier molecular flexibility index (Phi) is 4.14. The lowest BCUT2D eigenvalue weighted by atomic mass is 10.1. The summed E-state index contributed by atoms with van der Waals surface area (Å²) in [5, 5.41) is 5.65. The molecule has 6 heteroatoms. The summed E-state index contributed by atoms with van der Waals surface area (Å²) in [7, 11) is 1.69. The molecule has 0 fully saturated rings. The molecule has 0 unspecified atom stereocenters. The average molecular weight is 312 g/mol. The first kappa shape index (κ1) is 14.9. The Bertz CT molecular complexity index is 822. The van der Waals surface area contributed by atoms with Gasteiger partial charge in [0.15, 0.2) is 11.6 Å². The third kappa shape index (κ3) is 3.26. The summed E-state index contributed by atoms with van der Waals surface area (Å²) in [5.41, 5.74) is 1.59. The van der Waals surface area contributed by atoms with Crippen LogP contribution in [0.3, 0.4) is 0 Å². The fraction of sp³-hybridized carbons (Fsp3) is 0.0588. The van der Waals surface area contributed by atoms with Gasteiger partial charge in [-0.1, -0.05) is 36.4 Å². The van der Waals surface area contributed by atoms with Crippen LogP contribution in [0.1, 0.15) is 0 Å². The number of aromatic nitrogens is 2. The van der Waals surface area contributed by atoms with Gasteiger partial charge in [0.05, 0.1) is 11.4 Å². The van der Waals surface area contributed by atoms with Crippen LogP contribution in [-0.2, 0) is 0 Å². The van der Waals surface area contributed by atoms with Gasteiger partial charge in [-0.15, -0.1) is 0 Å². The number of hydrogen-bond donors (Lipinski definition) is 2. The summed E-state index contributed by atoms with van der Waals surface area (Å²) in [6.07, 6.45) is 0. The van der Waals surface area contributed by atoms with Crippen LogP contribution in [0.25, 0.3) is 11.3 Å². The molecule has 23 heavy (non-hydrogen) atoms. The van der Waals surface area contributed by atoms with Crippen molar-refractivity contribution in [3.05, 3.63) is 66.2 Å². The van der Waals surface area contributed by atoms with Crippen LogP contribution in [0.4, 0.5) is 26.2 Å². The lowest BCUT2D eigenvalue weighted by Crippen LogP contribution is -2.03. The van der Waals surface area contributed by atoms with Crippen LogP contribution in [-0.4, -0.2) is 17.0 Å². The van der Waals surface area contributed by atoms with Crippen molar-refractivity contribution < 1.29 is 8.78 Å². The van der Waals surface area contributed by atoms with Gasteiger partial charge in [0.2, 0.25) is 5.95 Å². The molecule has 0 aliphatic heterocycles. The van der Waals surface area contributed by atoms with Crippen LogP contribution in [0.5, 0.6) is 0 Å². The highest BCUT2D eigenvalue weighted by Gasteiger charge is 2.10. The van der Waals surface area contributed by atoms with Gasteiger partial charge in [0, 0.05) is 18.7 Å². The molecule has 0 saturated heterocycles. The number of rotatable bonds is 4. The van der Waals surface area contributed by atoms with Crippen molar-refractivity contribution in [2.24, 2.45) is 0 Å². The quantitative estimate of drug-likeness (QED) is 0.758. The van der Waals surface area contributed by atoms with Crippen LogP contribution in [0, 0.1) is 11.6 Å². The molecule has 4 nitrogen and oxygen atoms in total. The van der Waals surface area contributed by atoms with E-state index in [0.717, 1.165) is 11.6 Å². The summed E-state index contributed by atoms with van der Waals surface area (Å²) < 4.78 is 27.1. The lowest BCUT2D eigenvalue weighted by Gasteiger charge is -2.11. The second-order valence-corrected chi connectivity index (χ2v) is 4.80. The highest BCUT2D eigenvalue weighted by molar-refractivity contribution is 5.67. The van der Waals surface area contributed by atoms with E-state index < -0.39 is 11.6 Å². The fourth-order valence-corrected chi connectivity index (χ4v) is 2.12. The normalized spacial score (nSPS) is 10.4. The minimum Gasteiger partial charge on any atom is -0.357 e. The van der Waals surface area contributed by atoms with Gasteiger partial charge in [-0.25, -0.2) is 13.8 Å². The zero-order chi connectivity index (χ0) is 16.2. The molecule has 1 aromatic heterocycles. The first-order valence-corrected chi connectivity index (χ1v) is 7.00. The van der Waals surface area contributed by atoms with E-state index in [4.69, 9.17) is 0 Å². The summed E-state index contributed by atoms with van der Waals surface area (Å²) in [4.78, 5) is 8.59. The van der Waals surface area contributed by atoms with Gasteiger partial charge >= 0.3 is 0 Å². The Morgan fingerprint density at radius 2 is 1.70 bits per heavy atom. The summed E-state index contributed by atoms with van der Waals surface area (Å²) >= 11 is 0. The van der Waals surface area contributed by atoms with Gasteiger partial charge in [0.25, 0.3) is 0 Å². The van der Waals surface area contributed by atoms with Crippen molar-refractivity contribution in [3.8, 4) is 11.3 Å². The minimum atomic E-state index is -0.946. The van der Waals surface area contributed by atoms with E-state index >= 15 is 0 Å². The Morgan fingerprint density at radius 3 is 2.43 bits per heavy atom. The Labute approximate surface area is 132 Å². The van der Waals surface area contributed by atoms with E-state index in [1.165, 1.54) is 12.1 Å². The molecule has 0 aliphatic carbocycles. The summed E-state index contributed by atoms with van der Waals surface area (Å²) in [6.45, 7) is 0. The van der Waals surface area contributed by atoms with Crippen LogP contribution in [0.15, 0.2) is 54.6 Å². The molecule has 2 N–H and O–H groups in total. The minimum absolute atomic E-state index is 0.0183. The van der Waals surface area contributed by atoms with Crippen molar-refractivity contribution in [1.29, 1.82) is 0 Å². The summed E-state index contributed by atoms with van der Waals surface area (Å²) in [6, 6.07) is 15.1. The number of anilines is 3. The molecular weight excluding hydrogens is 298 g/mol. The average Bonchev–Trinajstić information content (AvgIpc) is 2.59. The molecular formula is C17H14F2N4. The smallest absolute Gasteiger partial charge is 0.224 e. The predicted molar refractivity (Wildman–Crippen MR) is 86.7 cm³/mol. The van der Waals surface area contributed by atoms with Gasteiger partial charge < -0.3 is 10.6 Å². The van der Waals surface area contributed by atoms with Crippen molar-refractivity contribution >= 4 is 17.5 Å². The maximum atomic E-state index is 13.8. The largest absolute Gasteiger partial charge is 0.357 e. The maximum absolute atomic E-state index is 13.8. The van der Waals surface area contributed by atoms with E-state index in [-0.39, 0.29) is 5.69 Å². The highest BCUT2D eigenvalue weighted by atomic mass is 19.2. The molecule has 1 heterocycles. The molecule has 3 rings (SSSR count). The highest BCUT2D eigenvalue weighted by Crippen LogP contribution is 2.25. The third-order valence-electron chi connectivity index (χ3n) is 3.23. The van der Waals surface area contributed by atoms with Crippen molar-refractivity contribution in [2.45, 2.75) is 0 Å². The Balaban J connectivity index is 2.01. The van der Waals surface area contributed by atoms with Crippen LogP contribution in [0.2, 0.25) is 0 Å². The number of nitrogens with one attached hydrogen (secondary N) is 2. The van der Waals surface area contributed by atoms with Crippen molar-refractivity contribution in [1.82, 2.24) is 9.97 Å². The fourth-order valence-electron chi connectivity index (χ4n) is 2.12. The zero-order valence-electron chi connectivity index (χ0n) is 12.3. The first-order valence-electron chi connectivity index (χ1n) is 7.00. The second-order valence-electron chi connectivity index (χ2n) is 4.80.